The van der Waals surface area contributed by atoms with E-state index in [9.17, 15) is 5.11 Å². The van der Waals surface area contributed by atoms with E-state index in [4.69, 9.17) is 9.26 Å². The predicted octanol–water partition coefficient (Wildman–Crippen LogP) is 2.78. The van der Waals surface area contributed by atoms with Gasteiger partial charge in [0, 0.05) is 0 Å². The number of nitrogens with zero attached hydrogens (tertiary/aromatic N) is 1. The molecule has 94 valence electrons. The van der Waals surface area contributed by atoms with Gasteiger partial charge in [0.15, 0.2) is 5.76 Å². The number of benzene rings is 1. The van der Waals surface area contributed by atoms with E-state index in [1.165, 1.54) is 6.08 Å². The van der Waals surface area contributed by atoms with Gasteiger partial charge in [0.2, 0.25) is 0 Å². The summed E-state index contributed by atoms with van der Waals surface area (Å²) in [5, 5.41) is 13.4. The molecule has 0 amide bonds. The standard InChI is InChI=1S/C14H15NO3/c1-3-12(16)13-10(2)14(15-18-13)17-9-11-7-5-4-6-8-11/h3-8,12,16H,1,9H2,2H3/t12-/m1/s1. The highest BCUT2D eigenvalue weighted by molar-refractivity contribution is 5.29. The Balaban J connectivity index is 2.07. The monoisotopic (exact) mass is 245 g/mol. The summed E-state index contributed by atoms with van der Waals surface area (Å²) in [5.74, 6) is 0.766. The van der Waals surface area contributed by atoms with Crippen molar-refractivity contribution in [2.24, 2.45) is 0 Å². The first-order valence-electron chi connectivity index (χ1n) is 5.66. The van der Waals surface area contributed by atoms with Crippen LogP contribution in [-0.4, -0.2) is 10.3 Å². The normalized spacial score (nSPS) is 12.1. The van der Waals surface area contributed by atoms with Crippen LogP contribution < -0.4 is 4.74 Å². The van der Waals surface area contributed by atoms with Crippen LogP contribution >= 0.6 is 0 Å². The van der Waals surface area contributed by atoms with Crippen LogP contribution in [0.25, 0.3) is 0 Å². The molecule has 0 saturated heterocycles. The van der Waals surface area contributed by atoms with E-state index < -0.39 is 6.10 Å². The fourth-order valence-corrected chi connectivity index (χ4v) is 1.58. The van der Waals surface area contributed by atoms with Crippen molar-refractivity contribution >= 4 is 0 Å². The van der Waals surface area contributed by atoms with Crippen LogP contribution in [0.4, 0.5) is 0 Å². The molecule has 18 heavy (non-hydrogen) atoms. The van der Waals surface area contributed by atoms with E-state index >= 15 is 0 Å². The minimum absolute atomic E-state index is 0.369. The second-order valence-electron chi connectivity index (χ2n) is 3.93. The fourth-order valence-electron chi connectivity index (χ4n) is 1.58. The molecule has 0 aliphatic heterocycles. The van der Waals surface area contributed by atoms with Crippen LogP contribution in [0.15, 0.2) is 47.5 Å². The maximum atomic E-state index is 9.60. The van der Waals surface area contributed by atoms with Gasteiger partial charge in [0.05, 0.1) is 5.56 Å². The van der Waals surface area contributed by atoms with Gasteiger partial charge in [-0.2, -0.15) is 0 Å². The Labute approximate surface area is 105 Å². The molecule has 4 heteroatoms. The summed E-state index contributed by atoms with van der Waals surface area (Å²) < 4.78 is 10.6. The molecule has 1 heterocycles. The molecular weight excluding hydrogens is 230 g/mol. The average molecular weight is 245 g/mol. The van der Waals surface area contributed by atoms with Crippen molar-refractivity contribution in [1.29, 1.82) is 0 Å². The molecule has 0 fully saturated rings. The molecule has 1 N–H and O–H groups in total. The lowest BCUT2D eigenvalue weighted by Gasteiger charge is -2.04. The zero-order chi connectivity index (χ0) is 13.0. The van der Waals surface area contributed by atoms with Crippen molar-refractivity contribution in [1.82, 2.24) is 5.16 Å². The molecule has 1 aromatic heterocycles. The molecule has 1 aromatic carbocycles. The molecule has 0 unspecified atom stereocenters. The molecule has 2 aromatic rings. The molecule has 4 nitrogen and oxygen atoms in total. The number of aliphatic hydroxyl groups is 1. The van der Waals surface area contributed by atoms with E-state index in [1.807, 2.05) is 30.3 Å². The van der Waals surface area contributed by atoms with Gasteiger partial charge >= 0.3 is 0 Å². The Morgan fingerprint density at radius 3 is 2.83 bits per heavy atom. The van der Waals surface area contributed by atoms with Crippen LogP contribution in [0.3, 0.4) is 0 Å². The summed E-state index contributed by atoms with van der Waals surface area (Å²) in [4.78, 5) is 0. The van der Waals surface area contributed by atoms with E-state index in [0.717, 1.165) is 5.56 Å². The Morgan fingerprint density at radius 2 is 2.17 bits per heavy atom. The molecule has 0 spiro atoms. The summed E-state index contributed by atoms with van der Waals surface area (Å²) in [6, 6.07) is 9.77. The largest absolute Gasteiger partial charge is 0.470 e. The number of rotatable bonds is 5. The number of hydrogen-bond donors (Lipinski definition) is 1. The van der Waals surface area contributed by atoms with E-state index in [1.54, 1.807) is 6.92 Å². The van der Waals surface area contributed by atoms with Crippen molar-refractivity contribution < 1.29 is 14.4 Å². The van der Waals surface area contributed by atoms with Crippen LogP contribution in [-0.2, 0) is 6.61 Å². The van der Waals surface area contributed by atoms with Crippen molar-refractivity contribution in [2.75, 3.05) is 0 Å². The van der Waals surface area contributed by atoms with E-state index in [-0.39, 0.29) is 0 Å². The third kappa shape index (κ3) is 2.60. The number of aliphatic hydroxyl groups excluding tert-OH is 1. The minimum Gasteiger partial charge on any atom is -0.470 e. The topological polar surface area (TPSA) is 55.5 Å². The second kappa shape index (κ2) is 5.51. The average Bonchev–Trinajstić information content (AvgIpc) is 2.78. The van der Waals surface area contributed by atoms with Gasteiger partial charge in [-0.05, 0) is 17.6 Å². The first-order valence-corrected chi connectivity index (χ1v) is 5.66. The van der Waals surface area contributed by atoms with Crippen LogP contribution in [0.5, 0.6) is 5.88 Å². The third-order valence-corrected chi connectivity index (χ3v) is 2.63. The van der Waals surface area contributed by atoms with Gasteiger partial charge in [-0.3, -0.25) is 0 Å². The molecule has 1 atom stereocenters. The summed E-state index contributed by atoms with van der Waals surface area (Å²) in [5.41, 5.74) is 1.74. The Bertz CT molecular complexity index is 519. The zero-order valence-corrected chi connectivity index (χ0v) is 10.2. The van der Waals surface area contributed by atoms with Gasteiger partial charge in [0.1, 0.15) is 12.7 Å². The molecule has 0 radical (unpaired) electrons. The number of hydrogen-bond acceptors (Lipinski definition) is 4. The van der Waals surface area contributed by atoms with Gasteiger partial charge in [0.25, 0.3) is 5.88 Å². The molecule has 0 bridgehead atoms. The van der Waals surface area contributed by atoms with Gasteiger partial charge in [-0.1, -0.05) is 36.4 Å². The Hall–Kier alpha value is -2.07. The van der Waals surface area contributed by atoms with Crippen molar-refractivity contribution in [3.8, 4) is 5.88 Å². The van der Waals surface area contributed by atoms with Crippen LogP contribution in [0, 0.1) is 6.92 Å². The highest BCUT2D eigenvalue weighted by atomic mass is 16.5. The maximum Gasteiger partial charge on any atom is 0.257 e. The smallest absolute Gasteiger partial charge is 0.257 e. The van der Waals surface area contributed by atoms with Gasteiger partial charge in [-0.15, -0.1) is 6.58 Å². The Morgan fingerprint density at radius 1 is 1.44 bits per heavy atom. The van der Waals surface area contributed by atoms with E-state index in [2.05, 4.69) is 11.7 Å². The predicted molar refractivity (Wildman–Crippen MR) is 67.2 cm³/mol. The number of aromatic nitrogens is 1. The number of ether oxygens (including phenoxy) is 1. The van der Waals surface area contributed by atoms with Crippen molar-refractivity contribution in [3.05, 3.63) is 59.9 Å². The zero-order valence-electron chi connectivity index (χ0n) is 10.2. The third-order valence-electron chi connectivity index (χ3n) is 2.63. The quantitative estimate of drug-likeness (QED) is 0.823. The fraction of sp³-hybridized carbons (Fsp3) is 0.214. The second-order valence-corrected chi connectivity index (χ2v) is 3.93. The SMILES string of the molecule is C=C[C@@H](O)c1onc(OCc2ccccc2)c1C. The van der Waals surface area contributed by atoms with Crippen molar-refractivity contribution in [3.63, 3.8) is 0 Å². The summed E-state index contributed by atoms with van der Waals surface area (Å²) >= 11 is 0. The lowest BCUT2D eigenvalue weighted by molar-refractivity contribution is 0.180. The minimum atomic E-state index is -0.855. The molecular formula is C14H15NO3. The molecule has 2 rings (SSSR count). The highest BCUT2D eigenvalue weighted by Crippen LogP contribution is 2.26. The highest BCUT2D eigenvalue weighted by Gasteiger charge is 2.18. The lowest BCUT2D eigenvalue weighted by atomic mass is 10.2. The first-order chi connectivity index (χ1) is 8.72. The van der Waals surface area contributed by atoms with Crippen molar-refractivity contribution in [2.45, 2.75) is 19.6 Å². The molecule has 0 saturated carbocycles. The lowest BCUT2D eigenvalue weighted by Crippen LogP contribution is -1.97. The van der Waals surface area contributed by atoms with Gasteiger partial charge in [-0.25, -0.2) is 0 Å². The van der Waals surface area contributed by atoms with E-state index in [0.29, 0.717) is 23.8 Å². The van der Waals surface area contributed by atoms with Crippen LogP contribution in [0.1, 0.15) is 23.0 Å². The molecule has 0 aliphatic carbocycles. The summed E-state index contributed by atoms with van der Waals surface area (Å²) in [6.45, 7) is 5.71. The summed E-state index contributed by atoms with van der Waals surface area (Å²) in [6.07, 6.45) is 0.528. The summed E-state index contributed by atoms with van der Waals surface area (Å²) in [7, 11) is 0. The first kappa shape index (κ1) is 12.4. The maximum absolute atomic E-state index is 9.60. The Kier molecular flexibility index (Phi) is 3.79. The molecule has 0 aliphatic rings. The van der Waals surface area contributed by atoms with Crippen LogP contribution in [0.2, 0.25) is 0 Å². The van der Waals surface area contributed by atoms with Gasteiger partial charge < -0.3 is 14.4 Å².